The summed E-state index contributed by atoms with van der Waals surface area (Å²) >= 11 is 0. The summed E-state index contributed by atoms with van der Waals surface area (Å²) in [6, 6.07) is 1.23. The van der Waals surface area contributed by atoms with E-state index in [0.29, 0.717) is 0 Å². The average Bonchev–Trinajstić information content (AvgIpc) is 2.35. The molecule has 0 spiro atoms. The van der Waals surface area contributed by atoms with E-state index in [1.54, 1.807) is 13.8 Å². The molecule has 3 N–H and O–H groups in total. The number of aliphatic hydroxyl groups excluding tert-OH is 1. The third-order valence-electron chi connectivity index (χ3n) is 2.79. The molecule has 0 saturated carbocycles. The SMILES string of the molecule is CC(C)N(CCCO)S(=O)(=O)c1ccc(F)c(N)c1F. The van der Waals surface area contributed by atoms with Gasteiger partial charge in [0.05, 0.1) is 0 Å². The molecule has 0 aromatic heterocycles. The number of nitrogen functional groups attached to an aromatic ring is 1. The first-order chi connectivity index (χ1) is 9.23. The maximum atomic E-state index is 13.9. The zero-order chi connectivity index (χ0) is 15.5. The van der Waals surface area contributed by atoms with Crippen LogP contribution in [0.15, 0.2) is 17.0 Å². The summed E-state index contributed by atoms with van der Waals surface area (Å²) in [7, 11) is -4.14. The average molecular weight is 308 g/mol. The Balaban J connectivity index is 3.30. The van der Waals surface area contributed by atoms with Gasteiger partial charge in [-0.1, -0.05) is 0 Å². The summed E-state index contributed by atoms with van der Waals surface area (Å²) < 4.78 is 52.8. The van der Waals surface area contributed by atoms with Gasteiger partial charge in [-0.3, -0.25) is 0 Å². The Morgan fingerprint density at radius 3 is 2.45 bits per heavy atom. The molecule has 0 saturated heterocycles. The fraction of sp³-hybridized carbons (Fsp3) is 0.500. The number of nitrogens with two attached hydrogens (primary N) is 1. The van der Waals surface area contributed by atoms with Gasteiger partial charge >= 0.3 is 0 Å². The highest BCUT2D eigenvalue weighted by molar-refractivity contribution is 7.89. The minimum atomic E-state index is -4.14. The molecule has 8 heteroatoms. The number of rotatable bonds is 6. The lowest BCUT2D eigenvalue weighted by Crippen LogP contribution is -2.38. The van der Waals surface area contributed by atoms with Crippen molar-refractivity contribution in [3.63, 3.8) is 0 Å². The number of aliphatic hydroxyl groups is 1. The first-order valence-electron chi connectivity index (χ1n) is 6.09. The van der Waals surface area contributed by atoms with E-state index in [9.17, 15) is 17.2 Å². The number of hydrogen-bond acceptors (Lipinski definition) is 4. The van der Waals surface area contributed by atoms with Crippen LogP contribution in [0, 0.1) is 11.6 Å². The standard InChI is InChI=1S/C12H18F2N2O3S/c1-8(2)16(6-3-7-17)20(18,19)10-5-4-9(13)12(15)11(10)14/h4-5,8,17H,3,6-7,15H2,1-2H3. The van der Waals surface area contributed by atoms with E-state index < -0.39 is 38.3 Å². The van der Waals surface area contributed by atoms with Gasteiger partial charge < -0.3 is 10.8 Å². The van der Waals surface area contributed by atoms with Crippen LogP contribution in [0.5, 0.6) is 0 Å². The van der Waals surface area contributed by atoms with Gasteiger partial charge in [0, 0.05) is 19.2 Å². The van der Waals surface area contributed by atoms with Crippen molar-refractivity contribution in [3.8, 4) is 0 Å². The Morgan fingerprint density at radius 2 is 1.95 bits per heavy atom. The fourth-order valence-corrected chi connectivity index (χ4v) is 3.51. The van der Waals surface area contributed by atoms with Crippen LogP contribution in [0.4, 0.5) is 14.5 Å². The molecule has 0 aliphatic carbocycles. The maximum Gasteiger partial charge on any atom is 0.246 e. The molecule has 1 rings (SSSR count). The number of benzene rings is 1. The van der Waals surface area contributed by atoms with E-state index >= 15 is 0 Å². The van der Waals surface area contributed by atoms with Crippen molar-refractivity contribution in [2.45, 2.75) is 31.2 Å². The molecule has 0 atom stereocenters. The highest BCUT2D eigenvalue weighted by Crippen LogP contribution is 2.26. The van der Waals surface area contributed by atoms with E-state index in [4.69, 9.17) is 10.8 Å². The van der Waals surface area contributed by atoms with Gasteiger partial charge in [-0.05, 0) is 32.4 Å². The monoisotopic (exact) mass is 308 g/mol. The number of halogens is 2. The molecule has 0 fully saturated rings. The lowest BCUT2D eigenvalue weighted by molar-refractivity contribution is 0.258. The molecule has 0 radical (unpaired) electrons. The summed E-state index contributed by atoms with van der Waals surface area (Å²) in [6.07, 6.45) is 0.218. The lowest BCUT2D eigenvalue weighted by atomic mass is 10.3. The number of hydrogen-bond donors (Lipinski definition) is 2. The third-order valence-corrected chi connectivity index (χ3v) is 4.88. The van der Waals surface area contributed by atoms with Crippen LogP contribution in [-0.2, 0) is 10.0 Å². The van der Waals surface area contributed by atoms with E-state index in [1.807, 2.05) is 0 Å². The topological polar surface area (TPSA) is 83.6 Å². The van der Waals surface area contributed by atoms with Gasteiger partial charge in [0.15, 0.2) is 5.82 Å². The molecule has 5 nitrogen and oxygen atoms in total. The molecule has 0 heterocycles. The Bertz CT molecular complexity index is 576. The van der Waals surface area contributed by atoms with Crippen molar-refractivity contribution < 1.29 is 22.3 Å². The van der Waals surface area contributed by atoms with E-state index in [2.05, 4.69) is 0 Å². The molecule has 114 valence electrons. The van der Waals surface area contributed by atoms with Gasteiger partial charge in [-0.25, -0.2) is 17.2 Å². The predicted molar refractivity (Wildman–Crippen MR) is 71.5 cm³/mol. The molecule has 0 bridgehead atoms. The van der Waals surface area contributed by atoms with Gasteiger partial charge in [0.25, 0.3) is 0 Å². The van der Waals surface area contributed by atoms with Crippen molar-refractivity contribution in [3.05, 3.63) is 23.8 Å². The Labute approximate surface area is 117 Å². The van der Waals surface area contributed by atoms with Crippen molar-refractivity contribution in [2.75, 3.05) is 18.9 Å². The molecule has 1 aromatic rings. The molecule has 20 heavy (non-hydrogen) atoms. The largest absolute Gasteiger partial charge is 0.396 e. The van der Waals surface area contributed by atoms with E-state index in [-0.39, 0.29) is 19.6 Å². The summed E-state index contributed by atoms with van der Waals surface area (Å²) in [6.45, 7) is 3.10. The van der Waals surface area contributed by atoms with Gasteiger partial charge in [-0.2, -0.15) is 4.31 Å². The van der Waals surface area contributed by atoms with Crippen molar-refractivity contribution >= 4 is 15.7 Å². The smallest absolute Gasteiger partial charge is 0.246 e. The van der Waals surface area contributed by atoms with Crippen LogP contribution in [0.25, 0.3) is 0 Å². The highest BCUT2D eigenvalue weighted by atomic mass is 32.2. The normalized spacial score (nSPS) is 12.3. The zero-order valence-corrected chi connectivity index (χ0v) is 12.1. The predicted octanol–water partition coefficient (Wildman–Crippen LogP) is 1.33. The minimum Gasteiger partial charge on any atom is -0.396 e. The number of nitrogens with zero attached hydrogens (tertiary/aromatic N) is 1. The fourth-order valence-electron chi connectivity index (χ4n) is 1.76. The van der Waals surface area contributed by atoms with E-state index in [1.165, 1.54) is 0 Å². The van der Waals surface area contributed by atoms with Gasteiger partial charge in [-0.15, -0.1) is 0 Å². The van der Waals surface area contributed by atoms with Crippen LogP contribution >= 0.6 is 0 Å². The molecule has 0 amide bonds. The molecular formula is C12H18F2N2O3S. The summed E-state index contributed by atoms with van der Waals surface area (Å²) in [4.78, 5) is -0.664. The highest BCUT2D eigenvalue weighted by Gasteiger charge is 2.30. The second-order valence-corrected chi connectivity index (χ2v) is 6.42. The first-order valence-corrected chi connectivity index (χ1v) is 7.53. The molecule has 0 aliphatic rings. The second kappa shape index (κ2) is 6.47. The van der Waals surface area contributed by atoms with Crippen LogP contribution < -0.4 is 5.73 Å². The van der Waals surface area contributed by atoms with Crippen LogP contribution in [-0.4, -0.2) is 37.0 Å². The Hall–Kier alpha value is -1.25. The van der Waals surface area contributed by atoms with Crippen molar-refractivity contribution in [2.24, 2.45) is 0 Å². The lowest BCUT2D eigenvalue weighted by Gasteiger charge is -2.26. The van der Waals surface area contributed by atoms with Crippen molar-refractivity contribution in [1.82, 2.24) is 4.31 Å². The zero-order valence-electron chi connectivity index (χ0n) is 11.3. The van der Waals surface area contributed by atoms with Crippen LogP contribution in [0.1, 0.15) is 20.3 Å². The summed E-state index contributed by atoms with van der Waals surface area (Å²) in [5, 5.41) is 8.80. The molecular weight excluding hydrogens is 290 g/mol. The number of sulfonamides is 1. The summed E-state index contributed by atoms with van der Waals surface area (Å²) in [5.41, 5.74) is 4.36. The Kier molecular flexibility index (Phi) is 5.43. The third kappa shape index (κ3) is 3.25. The second-order valence-electron chi connectivity index (χ2n) is 4.56. The number of anilines is 1. The quantitative estimate of drug-likeness (QED) is 0.777. The summed E-state index contributed by atoms with van der Waals surface area (Å²) in [5.74, 6) is -2.30. The van der Waals surface area contributed by atoms with E-state index in [0.717, 1.165) is 16.4 Å². The van der Waals surface area contributed by atoms with Crippen molar-refractivity contribution in [1.29, 1.82) is 0 Å². The van der Waals surface area contributed by atoms with Crippen LogP contribution in [0.2, 0.25) is 0 Å². The maximum absolute atomic E-state index is 13.9. The Morgan fingerprint density at radius 1 is 1.35 bits per heavy atom. The van der Waals surface area contributed by atoms with Gasteiger partial charge in [0.2, 0.25) is 10.0 Å². The minimum absolute atomic E-state index is 0.0349. The molecule has 0 unspecified atom stereocenters. The van der Waals surface area contributed by atoms with Crippen LogP contribution in [0.3, 0.4) is 0 Å². The van der Waals surface area contributed by atoms with Gasteiger partial charge in [0.1, 0.15) is 16.4 Å². The molecule has 0 aliphatic heterocycles. The molecule has 1 aromatic carbocycles. The first kappa shape index (κ1) is 16.8.